The highest BCUT2D eigenvalue weighted by molar-refractivity contribution is 6.46. The summed E-state index contributed by atoms with van der Waals surface area (Å²) >= 11 is 0. The molecule has 1 fully saturated rings. The minimum Gasteiger partial charge on any atom is -0.507 e. The lowest BCUT2D eigenvalue weighted by atomic mass is 9.99. The molecule has 0 bridgehead atoms. The Kier molecular flexibility index (Phi) is 6.72. The van der Waals surface area contributed by atoms with E-state index in [0.717, 1.165) is 12.0 Å². The number of Topliss-reactive ketones (excluding diaryl/α,β-unsaturated/α-hetero) is 1. The van der Waals surface area contributed by atoms with Gasteiger partial charge in [-0.2, -0.15) is 0 Å². The van der Waals surface area contributed by atoms with Crippen molar-refractivity contribution in [2.24, 2.45) is 0 Å². The summed E-state index contributed by atoms with van der Waals surface area (Å²) in [7, 11) is 1.57. The maximum atomic E-state index is 13.1. The van der Waals surface area contributed by atoms with Gasteiger partial charge in [-0.15, -0.1) is 0 Å². The molecule has 1 unspecified atom stereocenters. The van der Waals surface area contributed by atoms with Gasteiger partial charge >= 0.3 is 0 Å². The van der Waals surface area contributed by atoms with Crippen molar-refractivity contribution in [2.75, 3.05) is 13.7 Å². The molecule has 3 aromatic rings. The second kappa shape index (κ2) is 9.87. The molecule has 4 rings (SSSR count). The number of aliphatic hydroxyl groups is 1. The van der Waals surface area contributed by atoms with Crippen LogP contribution >= 0.6 is 0 Å². The zero-order valence-corrected chi connectivity index (χ0v) is 19.4. The summed E-state index contributed by atoms with van der Waals surface area (Å²) in [6.45, 7) is 4.53. The Morgan fingerprint density at radius 1 is 1.06 bits per heavy atom. The fraction of sp³-hybridized carbons (Fsp3) is 0.259. The minimum absolute atomic E-state index is 0.00975. The molecule has 2 aromatic carbocycles. The van der Waals surface area contributed by atoms with E-state index in [0.29, 0.717) is 35.2 Å². The molecular weight excluding hydrogens is 434 g/mol. The van der Waals surface area contributed by atoms with E-state index in [4.69, 9.17) is 13.9 Å². The minimum atomic E-state index is -0.865. The van der Waals surface area contributed by atoms with Crippen molar-refractivity contribution in [1.82, 2.24) is 4.90 Å². The molecule has 0 saturated carbocycles. The first-order valence-electron chi connectivity index (χ1n) is 11.1. The molecule has 1 amide bonds. The molecule has 1 aliphatic heterocycles. The Labute approximate surface area is 198 Å². The van der Waals surface area contributed by atoms with Crippen molar-refractivity contribution in [3.63, 3.8) is 0 Å². The van der Waals surface area contributed by atoms with Crippen molar-refractivity contribution < 1.29 is 28.6 Å². The van der Waals surface area contributed by atoms with Gasteiger partial charge in [0.2, 0.25) is 0 Å². The molecule has 1 N–H and O–H groups in total. The quantitative estimate of drug-likeness (QED) is 0.288. The fourth-order valence-corrected chi connectivity index (χ4v) is 3.99. The highest BCUT2D eigenvalue weighted by Gasteiger charge is 2.47. The SMILES string of the molecule is CCCOc1ccc(/C(O)=C2/C(=O)C(=O)N(Cc3cccc(OC)c3)C2c2ccc(C)o2)cc1. The Balaban J connectivity index is 1.76. The summed E-state index contributed by atoms with van der Waals surface area (Å²) in [6, 6.07) is 16.7. The largest absolute Gasteiger partial charge is 0.507 e. The molecule has 7 heteroatoms. The number of hydrogen-bond acceptors (Lipinski definition) is 6. The molecule has 7 nitrogen and oxygen atoms in total. The number of methoxy groups -OCH3 is 1. The molecule has 1 aliphatic rings. The number of carbonyl (C=O) groups excluding carboxylic acids is 2. The Morgan fingerprint density at radius 2 is 1.82 bits per heavy atom. The van der Waals surface area contributed by atoms with Crippen molar-refractivity contribution in [1.29, 1.82) is 0 Å². The van der Waals surface area contributed by atoms with E-state index in [2.05, 4.69) is 0 Å². The predicted octanol–water partition coefficient (Wildman–Crippen LogP) is 5.01. The number of likely N-dealkylation sites (tertiary alicyclic amines) is 1. The zero-order chi connectivity index (χ0) is 24.2. The molecule has 2 heterocycles. The number of benzene rings is 2. The maximum absolute atomic E-state index is 13.1. The van der Waals surface area contributed by atoms with Crippen LogP contribution in [0, 0.1) is 6.92 Å². The van der Waals surface area contributed by atoms with Crippen LogP contribution in [-0.4, -0.2) is 35.4 Å². The summed E-state index contributed by atoms with van der Waals surface area (Å²) in [5, 5.41) is 11.2. The highest BCUT2D eigenvalue weighted by atomic mass is 16.5. The van der Waals surface area contributed by atoms with Crippen LogP contribution in [0.5, 0.6) is 11.5 Å². The molecule has 0 spiro atoms. The molecule has 1 atom stereocenters. The molecule has 0 radical (unpaired) electrons. The number of aliphatic hydroxyl groups excluding tert-OH is 1. The van der Waals surface area contributed by atoms with Crippen LogP contribution in [0.4, 0.5) is 0 Å². The number of ether oxygens (including phenoxy) is 2. The summed E-state index contributed by atoms with van der Waals surface area (Å²) in [5.41, 5.74) is 1.19. The van der Waals surface area contributed by atoms with Gasteiger partial charge in [-0.3, -0.25) is 9.59 Å². The van der Waals surface area contributed by atoms with Crippen molar-refractivity contribution in [3.05, 3.63) is 88.9 Å². The van der Waals surface area contributed by atoms with Gasteiger partial charge in [-0.05, 0) is 67.4 Å². The summed E-state index contributed by atoms with van der Waals surface area (Å²) in [4.78, 5) is 27.7. The third kappa shape index (κ3) is 4.55. The molecule has 34 heavy (non-hydrogen) atoms. The third-order valence-electron chi connectivity index (χ3n) is 5.66. The number of aryl methyl sites for hydroxylation is 1. The first-order valence-corrected chi connectivity index (χ1v) is 11.1. The monoisotopic (exact) mass is 461 g/mol. The predicted molar refractivity (Wildman–Crippen MR) is 127 cm³/mol. The third-order valence-corrected chi connectivity index (χ3v) is 5.66. The fourth-order valence-electron chi connectivity index (χ4n) is 3.99. The van der Waals surface area contributed by atoms with Gasteiger partial charge < -0.3 is 23.9 Å². The number of rotatable bonds is 8. The number of nitrogens with zero attached hydrogens (tertiary/aromatic N) is 1. The van der Waals surface area contributed by atoms with Gasteiger partial charge in [0.15, 0.2) is 0 Å². The van der Waals surface area contributed by atoms with Crippen LogP contribution in [0.3, 0.4) is 0 Å². The summed E-state index contributed by atoms with van der Waals surface area (Å²) in [5.74, 6) is 0.632. The van der Waals surface area contributed by atoms with Crippen molar-refractivity contribution in [2.45, 2.75) is 32.9 Å². The molecule has 1 aromatic heterocycles. The normalized spacial score (nSPS) is 17.3. The standard InChI is InChI=1S/C27H27NO6/c1-4-14-33-20-11-9-19(10-12-20)25(29)23-24(22-13-8-17(2)34-22)28(27(31)26(23)30)16-18-6-5-7-21(15-18)32-3/h5-13,15,24,29H,4,14,16H2,1-3H3/b25-23-. The van der Waals surface area contributed by atoms with E-state index in [-0.39, 0.29) is 17.9 Å². The van der Waals surface area contributed by atoms with Gasteiger partial charge in [-0.25, -0.2) is 0 Å². The maximum Gasteiger partial charge on any atom is 0.296 e. The molecule has 176 valence electrons. The van der Waals surface area contributed by atoms with Crippen LogP contribution < -0.4 is 9.47 Å². The zero-order valence-electron chi connectivity index (χ0n) is 19.4. The van der Waals surface area contributed by atoms with Crippen LogP contribution in [-0.2, 0) is 16.1 Å². The Hall–Kier alpha value is -4.00. The van der Waals surface area contributed by atoms with Gasteiger partial charge in [-0.1, -0.05) is 19.1 Å². The van der Waals surface area contributed by atoms with E-state index in [9.17, 15) is 14.7 Å². The van der Waals surface area contributed by atoms with Crippen LogP contribution in [0.1, 0.15) is 42.0 Å². The Bertz CT molecular complexity index is 1220. The first kappa shape index (κ1) is 23.2. The van der Waals surface area contributed by atoms with Crippen LogP contribution in [0.2, 0.25) is 0 Å². The highest BCUT2D eigenvalue weighted by Crippen LogP contribution is 2.41. The first-order chi connectivity index (χ1) is 16.4. The van der Waals surface area contributed by atoms with Gasteiger partial charge in [0.05, 0.1) is 19.3 Å². The second-order valence-electron chi connectivity index (χ2n) is 8.10. The van der Waals surface area contributed by atoms with Gasteiger partial charge in [0.25, 0.3) is 11.7 Å². The van der Waals surface area contributed by atoms with E-state index >= 15 is 0 Å². The Morgan fingerprint density at radius 3 is 2.47 bits per heavy atom. The number of amides is 1. The smallest absolute Gasteiger partial charge is 0.296 e. The topological polar surface area (TPSA) is 89.2 Å². The number of hydrogen-bond donors (Lipinski definition) is 1. The lowest BCUT2D eigenvalue weighted by Crippen LogP contribution is -2.29. The molecule has 0 aliphatic carbocycles. The molecular formula is C27H27NO6. The average molecular weight is 462 g/mol. The number of ketones is 1. The van der Waals surface area contributed by atoms with Crippen molar-refractivity contribution in [3.8, 4) is 11.5 Å². The van der Waals surface area contributed by atoms with E-state index in [1.807, 2.05) is 19.1 Å². The van der Waals surface area contributed by atoms with Crippen LogP contribution in [0.15, 0.2) is 70.7 Å². The summed E-state index contributed by atoms with van der Waals surface area (Å²) < 4.78 is 16.7. The van der Waals surface area contributed by atoms with E-state index in [1.165, 1.54) is 4.90 Å². The lowest BCUT2D eigenvalue weighted by molar-refractivity contribution is -0.140. The van der Waals surface area contributed by atoms with Gasteiger partial charge in [0.1, 0.15) is 34.8 Å². The lowest BCUT2D eigenvalue weighted by Gasteiger charge is -2.23. The average Bonchev–Trinajstić information content (AvgIpc) is 3.39. The second-order valence-corrected chi connectivity index (χ2v) is 8.10. The molecule has 1 saturated heterocycles. The van der Waals surface area contributed by atoms with E-state index in [1.54, 1.807) is 62.6 Å². The number of carbonyl (C=O) groups is 2. The van der Waals surface area contributed by atoms with Crippen molar-refractivity contribution >= 4 is 17.4 Å². The van der Waals surface area contributed by atoms with Crippen LogP contribution in [0.25, 0.3) is 5.76 Å². The number of furan rings is 1. The summed E-state index contributed by atoms with van der Waals surface area (Å²) in [6.07, 6.45) is 0.876. The van der Waals surface area contributed by atoms with E-state index < -0.39 is 17.7 Å². The van der Waals surface area contributed by atoms with Gasteiger partial charge in [0, 0.05) is 12.1 Å².